The fraction of sp³-hybridized carbons (Fsp3) is 0.889. The molecule has 78 valence electrons. The SMILES string of the molecule is CCN=C=NCCCNC(C)C.Cl. The van der Waals surface area contributed by atoms with Crippen LogP contribution >= 0.6 is 12.4 Å². The Kier molecular flexibility index (Phi) is 13.5. The number of nitrogens with zero attached hydrogens (tertiary/aromatic N) is 2. The van der Waals surface area contributed by atoms with Gasteiger partial charge in [-0.15, -0.1) is 12.4 Å². The van der Waals surface area contributed by atoms with Crippen molar-refractivity contribution in [2.24, 2.45) is 9.98 Å². The molecule has 0 spiro atoms. The Balaban J connectivity index is 0. The summed E-state index contributed by atoms with van der Waals surface area (Å²) in [5.41, 5.74) is 0. The lowest BCUT2D eigenvalue weighted by molar-refractivity contribution is 0.575. The molecular weight excluding hydrogens is 186 g/mol. The van der Waals surface area contributed by atoms with E-state index in [2.05, 4.69) is 35.2 Å². The van der Waals surface area contributed by atoms with Crippen LogP contribution in [0.5, 0.6) is 0 Å². The van der Waals surface area contributed by atoms with Crippen LogP contribution in [0.25, 0.3) is 0 Å². The third-order valence-corrected chi connectivity index (χ3v) is 1.30. The Morgan fingerprint density at radius 2 is 2.00 bits per heavy atom. The fourth-order valence-electron chi connectivity index (χ4n) is 0.720. The van der Waals surface area contributed by atoms with Gasteiger partial charge in [0.25, 0.3) is 0 Å². The molecule has 13 heavy (non-hydrogen) atoms. The number of nitrogens with one attached hydrogen (secondary N) is 1. The molecule has 0 amide bonds. The Bertz CT molecular complexity index is 151. The van der Waals surface area contributed by atoms with Crippen molar-refractivity contribution >= 4 is 18.4 Å². The zero-order chi connectivity index (χ0) is 9.23. The molecule has 0 atom stereocenters. The molecule has 4 heteroatoms. The van der Waals surface area contributed by atoms with Gasteiger partial charge in [-0.1, -0.05) is 13.8 Å². The van der Waals surface area contributed by atoms with Crippen LogP contribution in [0.1, 0.15) is 27.2 Å². The fourth-order valence-corrected chi connectivity index (χ4v) is 0.720. The van der Waals surface area contributed by atoms with Crippen molar-refractivity contribution in [3.63, 3.8) is 0 Å². The predicted molar refractivity (Wildman–Crippen MR) is 60.3 cm³/mol. The Hall–Kier alpha value is -0.370. The van der Waals surface area contributed by atoms with Crippen molar-refractivity contribution in [3.8, 4) is 0 Å². The molecule has 0 aromatic heterocycles. The molecule has 3 nitrogen and oxygen atoms in total. The number of aliphatic imine (C=N–C) groups is 2. The summed E-state index contributed by atoms with van der Waals surface area (Å²) in [6.07, 6.45) is 1.06. The van der Waals surface area contributed by atoms with Crippen molar-refractivity contribution < 1.29 is 0 Å². The third-order valence-electron chi connectivity index (χ3n) is 1.30. The van der Waals surface area contributed by atoms with Gasteiger partial charge in [-0.3, -0.25) is 0 Å². The maximum absolute atomic E-state index is 4.00. The summed E-state index contributed by atoms with van der Waals surface area (Å²) in [5.74, 6) is 0. The minimum atomic E-state index is 0. The Morgan fingerprint density at radius 3 is 2.54 bits per heavy atom. The highest BCUT2D eigenvalue weighted by Gasteiger charge is 1.89. The first-order valence-corrected chi connectivity index (χ1v) is 4.58. The molecule has 0 unspecified atom stereocenters. The smallest absolute Gasteiger partial charge is 0.0892 e. The van der Waals surface area contributed by atoms with E-state index in [4.69, 9.17) is 0 Å². The lowest BCUT2D eigenvalue weighted by atomic mass is 10.3. The van der Waals surface area contributed by atoms with Gasteiger partial charge in [0.05, 0.1) is 12.6 Å². The van der Waals surface area contributed by atoms with Gasteiger partial charge < -0.3 is 5.32 Å². The monoisotopic (exact) mass is 205 g/mol. The highest BCUT2D eigenvalue weighted by molar-refractivity contribution is 5.85. The van der Waals surface area contributed by atoms with Crippen LogP contribution in [0.15, 0.2) is 9.98 Å². The first-order chi connectivity index (χ1) is 5.77. The van der Waals surface area contributed by atoms with Crippen LogP contribution < -0.4 is 5.32 Å². The summed E-state index contributed by atoms with van der Waals surface area (Å²) in [6, 6.07) is 3.21. The highest BCUT2D eigenvalue weighted by Crippen LogP contribution is 1.80. The number of rotatable bonds is 6. The third kappa shape index (κ3) is 14.5. The van der Waals surface area contributed by atoms with Crippen molar-refractivity contribution in [2.45, 2.75) is 33.2 Å². The summed E-state index contributed by atoms with van der Waals surface area (Å²) in [6.45, 7) is 8.87. The zero-order valence-corrected chi connectivity index (χ0v) is 9.52. The van der Waals surface area contributed by atoms with Gasteiger partial charge in [0, 0.05) is 12.6 Å². The zero-order valence-electron chi connectivity index (χ0n) is 8.71. The van der Waals surface area contributed by atoms with Crippen LogP contribution in [0.4, 0.5) is 0 Å². The van der Waals surface area contributed by atoms with Crippen LogP contribution in [-0.4, -0.2) is 31.7 Å². The van der Waals surface area contributed by atoms with E-state index >= 15 is 0 Å². The van der Waals surface area contributed by atoms with Gasteiger partial charge >= 0.3 is 0 Å². The lowest BCUT2D eigenvalue weighted by Crippen LogP contribution is -2.23. The summed E-state index contributed by atoms with van der Waals surface area (Å²) < 4.78 is 0. The van der Waals surface area contributed by atoms with Gasteiger partial charge in [-0.25, -0.2) is 9.98 Å². The molecule has 0 fully saturated rings. The summed E-state index contributed by atoms with van der Waals surface area (Å²) >= 11 is 0. The van der Waals surface area contributed by atoms with Crippen LogP contribution in [0.2, 0.25) is 0 Å². The van der Waals surface area contributed by atoms with E-state index in [-0.39, 0.29) is 12.4 Å². The Labute approximate surface area is 87.2 Å². The average Bonchev–Trinajstić information content (AvgIpc) is 2.02. The molecule has 0 aliphatic carbocycles. The molecule has 0 aromatic rings. The maximum atomic E-state index is 4.00. The van der Waals surface area contributed by atoms with Crippen molar-refractivity contribution in [1.29, 1.82) is 0 Å². The molecular formula is C9H20ClN3. The number of halogens is 1. The first kappa shape index (κ1) is 15.1. The van der Waals surface area contributed by atoms with E-state index in [1.54, 1.807) is 0 Å². The minimum Gasteiger partial charge on any atom is -0.314 e. The molecule has 0 radical (unpaired) electrons. The van der Waals surface area contributed by atoms with Gasteiger partial charge in [0.15, 0.2) is 0 Å². The predicted octanol–water partition coefficient (Wildman–Crippen LogP) is 1.99. The molecule has 0 aromatic carbocycles. The number of hydrogen-bond acceptors (Lipinski definition) is 3. The minimum absolute atomic E-state index is 0. The second-order valence-corrected chi connectivity index (χ2v) is 2.92. The topological polar surface area (TPSA) is 36.8 Å². The molecule has 0 heterocycles. The largest absolute Gasteiger partial charge is 0.314 e. The normalized spacial score (nSPS) is 8.92. The van der Waals surface area contributed by atoms with E-state index in [1.165, 1.54) is 0 Å². The number of hydrogen-bond donors (Lipinski definition) is 1. The van der Waals surface area contributed by atoms with Crippen LogP contribution in [0.3, 0.4) is 0 Å². The summed E-state index contributed by atoms with van der Waals surface area (Å²) in [4.78, 5) is 7.87. The summed E-state index contributed by atoms with van der Waals surface area (Å²) in [5, 5.41) is 3.32. The standard InChI is InChI=1S/C9H19N3.ClH/c1-4-10-8-11-6-5-7-12-9(2)3;/h9,12H,4-7H2,1-3H3;1H. The molecule has 0 rings (SSSR count). The van der Waals surface area contributed by atoms with Gasteiger partial charge in [0.1, 0.15) is 0 Å². The van der Waals surface area contributed by atoms with Gasteiger partial charge in [-0.2, -0.15) is 0 Å². The second kappa shape index (κ2) is 11.6. The summed E-state index contributed by atoms with van der Waals surface area (Å²) in [7, 11) is 0. The second-order valence-electron chi connectivity index (χ2n) is 2.92. The maximum Gasteiger partial charge on any atom is 0.0892 e. The van der Waals surface area contributed by atoms with Crippen LogP contribution in [-0.2, 0) is 0 Å². The van der Waals surface area contributed by atoms with E-state index < -0.39 is 0 Å². The van der Waals surface area contributed by atoms with E-state index in [1.807, 2.05) is 6.92 Å². The van der Waals surface area contributed by atoms with E-state index in [0.717, 1.165) is 26.1 Å². The van der Waals surface area contributed by atoms with Crippen molar-refractivity contribution in [1.82, 2.24) is 5.32 Å². The average molecular weight is 206 g/mol. The van der Waals surface area contributed by atoms with E-state index in [9.17, 15) is 0 Å². The van der Waals surface area contributed by atoms with E-state index in [0.29, 0.717) is 6.04 Å². The van der Waals surface area contributed by atoms with Crippen LogP contribution in [0, 0.1) is 0 Å². The highest BCUT2D eigenvalue weighted by atomic mass is 35.5. The van der Waals surface area contributed by atoms with Gasteiger partial charge in [-0.05, 0) is 19.9 Å². The van der Waals surface area contributed by atoms with Gasteiger partial charge in [0.2, 0.25) is 0 Å². The lowest BCUT2D eigenvalue weighted by Gasteiger charge is -2.04. The molecule has 0 saturated carbocycles. The first-order valence-electron chi connectivity index (χ1n) is 4.58. The molecule has 0 aliphatic rings. The van der Waals surface area contributed by atoms with Crippen molar-refractivity contribution in [2.75, 3.05) is 19.6 Å². The molecule has 1 N–H and O–H groups in total. The molecule has 0 aliphatic heterocycles. The quantitative estimate of drug-likeness (QED) is 0.523. The molecule has 0 bridgehead atoms. The Morgan fingerprint density at radius 1 is 1.31 bits per heavy atom. The molecule has 0 saturated heterocycles. The van der Waals surface area contributed by atoms with Crippen molar-refractivity contribution in [3.05, 3.63) is 0 Å².